The van der Waals surface area contributed by atoms with Crippen molar-refractivity contribution in [1.29, 1.82) is 0 Å². The molecule has 0 spiro atoms. The highest BCUT2D eigenvalue weighted by Gasteiger charge is 2.14. The molecule has 2 aromatic carbocycles. The fourth-order valence-electron chi connectivity index (χ4n) is 2.97. The summed E-state index contributed by atoms with van der Waals surface area (Å²) < 4.78 is 16.1. The smallest absolute Gasteiger partial charge is 0.0988 e. The summed E-state index contributed by atoms with van der Waals surface area (Å²) in [5, 5.41) is 8.87. The van der Waals surface area contributed by atoms with E-state index >= 15 is 0 Å². The third-order valence-corrected chi connectivity index (χ3v) is 3.83. The first-order valence-corrected chi connectivity index (χ1v) is 6.06. The van der Waals surface area contributed by atoms with Gasteiger partial charge in [0.1, 0.15) is 0 Å². The zero-order chi connectivity index (χ0) is 12.4. The van der Waals surface area contributed by atoms with Crippen LogP contribution in [0.5, 0.6) is 0 Å². The second-order valence-corrected chi connectivity index (χ2v) is 4.76. The van der Waals surface area contributed by atoms with Crippen LogP contribution in [0.4, 0.5) is 0 Å². The van der Waals surface area contributed by atoms with Gasteiger partial charge < -0.3 is 13.3 Å². The molecule has 5 aromatic rings. The highest BCUT2D eigenvalue weighted by molar-refractivity contribution is 6.30. The van der Waals surface area contributed by atoms with Gasteiger partial charge in [0.05, 0.1) is 37.6 Å². The van der Waals surface area contributed by atoms with Gasteiger partial charge in [-0.3, -0.25) is 0 Å². The first-order chi connectivity index (χ1) is 9.43. The van der Waals surface area contributed by atoms with Crippen molar-refractivity contribution in [2.45, 2.75) is 0 Å². The molecule has 0 N–H and O–H groups in total. The van der Waals surface area contributed by atoms with Crippen molar-refractivity contribution >= 4 is 43.1 Å². The van der Waals surface area contributed by atoms with E-state index in [0.29, 0.717) is 0 Å². The summed E-state index contributed by atoms with van der Waals surface area (Å²) in [6, 6.07) is 4.18. The van der Waals surface area contributed by atoms with Crippen molar-refractivity contribution in [2.75, 3.05) is 0 Å². The van der Waals surface area contributed by atoms with Gasteiger partial charge in [0.15, 0.2) is 0 Å². The lowest BCUT2D eigenvalue weighted by atomic mass is 9.97. The van der Waals surface area contributed by atoms with Gasteiger partial charge in [0.2, 0.25) is 0 Å². The van der Waals surface area contributed by atoms with Crippen LogP contribution in [0.1, 0.15) is 0 Å². The minimum Gasteiger partial charge on any atom is -0.471 e. The molecule has 3 heterocycles. The van der Waals surface area contributed by atoms with Crippen LogP contribution >= 0.6 is 0 Å². The summed E-state index contributed by atoms with van der Waals surface area (Å²) in [6.07, 6.45) is 10.7. The summed E-state index contributed by atoms with van der Waals surface area (Å²) in [5.41, 5.74) is 0. The molecule has 0 saturated heterocycles. The maximum atomic E-state index is 5.40. The van der Waals surface area contributed by atoms with E-state index < -0.39 is 0 Å². The Morgan fingerprint density at radius 3 is 1.89 bits per heavy atom. The molecule has 0 aliphatic rings. The zero-order valence-corrected chi connectivity index (χ0v) is 9.84. The quantitative estimate of drug-likeness (QED) is 0.383. The van der Waals surface area contributed by atoms with Crippen LogP contribution in [0, 0.1) is 0 Å². The number of benzene rings is 2. The average molecular weight is 248 g/mol. The van der Waals surface area contributed by atoms with E-state index in [0.717, 1.165) is 43.1 Å². The number of rotatable bonds is 0. The normalized spacial score (nSPS) is 12.2. The average Bonchev–Trinajstić information content (AvgIpc) is 3.17. The fourth-order valence-corrected chi connectivity index (χ4v) is 2.97. The molecular formula is C16H8O3. The number of hydrogen-bond acceptors (Lipinski definition) is 3. The Kier molecular flexibility index (Phi) is 1.47. The minimum atomic E-state index is 1.07. The van der Waals surface area contributed by atoms with Crippen molar-refractivity contribution in [3.8, 4) is 0 Å². The lowest BCUT2D eigenvalue weighted by molar-refractivity contribution is 0.570. The number of furan rings is 3. The molecule has 0 radical (unpaired) electrons. The number of hydrogen-bond donors (Lipinski definition) is 0. The molecule has 0 aliphatic heterocycles. The highest BCUT2D eigenvalue weighted by Crippen LogP contribution is 2.39. The molecule has 0 atom stereocenters. The van der Waals surface area contributed by atoms with E-state index in [-0.39, 0.29) is 0 Å². The first kappa shape index (κ1) is 9.28. The predicted molar refractivity (Wildman–Crippen MR) is 73.3 cm³/mol. The van der Waals surface area contributed by atoms with E-state index in [1.807, 2.05) is 0 Å². The SMILES string of the molecule is c1cc2c3cocc3c3cocc3c2c2cocc12. The Morgan fingerprint density at radius 2 is 1.05 bits per heavy atom. The Morgan fingerprint density at radius 1 is 0.474 bits per heavy atom. The minimum absolute atomic E-state index is 1.07. The van der Waals surface area contributed by atoms with Crippen molar-refractivity contribution in [1.82, 2.24) is 0 Å². The molecule has 0 fully saturated rings. The van der Waals surface area contributed by atoms with Gasteiger partial charge in [-0.2, -0.15) is 0 Å². The standard InChI is InChI=1S/C16H8O3/c1-2-10-12-5-18-6-13(12)14-7-19-8-15(14)16(10)11-4-17-3-9(1)11/h1-8H. The molecule has 5 rings (SSSR count). The monoisotopic (exact) mass is 248 g/mol. The van der Waals surface area contributed by atoms with Crippen LogP contribution in [0.15, 0.2) is 63.0 Å². The molecule has 19 heavy (non-hydrogen) atoms. The molecule has 0 saturated carbocycles. The fraction of sp³-hybridized carbons (Fsp3) is 0. The topological polar surface area (TPSA) is 39.4 Å². The molecule has 3 heteroatoms. The highest BCUT2D eigenvalue weighted by atomic mass is 16.3. The van der Waals surface area contributed by atoms with E-state index in [2.05, 4.69) is 12.1 Å². The van der Waals surface area contributed by atoms with Gasteiger partial charge in [-0.15, -0.1) is 0 Å². The number of fused-ring (bicyclic) bond motifs is 8. The third kappa shape index (κ3) is 0.993. The van der Waals surface area contributed by atoms with Gasteiger partial charge in [0.25, 0.3) is 0 Å². The van der Waals surface area contributed by atoms with Gasteiger partial charge in [-0.25, -0.2) is 0 Å². The summed E-state index contributed by atoms with van der Waals surface area (Å²) in [4.78, 5) is 0. The van der Waals surface area contributed by atoms with Gasteiger partial charge in [0, 0.05) is 37.7 Å². The zero-order valence-electron chi connectivity index (χ0n) is 9.84. The van der Waals surface area contributed by atoms with Gasteiger partial charge >= 0.3 is 0 Å². The van der Waals surface area contributed by atoms with Crippen LogP contribution in [-0.4, -0.2) is 0 Å². The van der Waals surface area contributed by atoms with Crippen molar-refractivity contribution in [3.05, 3.63) is 49.7 Å². The van der Waals surface area contributed by atoms with E-state index in [9.17, 15) is 0 Å². The molecule has 3 aromatic heterocycles. The Hall–Kier alpha value is -2.68. The lowest BCUT2D eigenvalue weighted by Crippen LogP contribution is -1.77. The van der Waals surface area contributed by atoms with Crippen molar-refractivity contribution in [3.63, 3.8) is 0 Å². The van der Waals surface area contributed by atoms with Gasteiger partial charge in [-0.1, -0.05) is 12.1 Å². The molecule has 0 aliphatic carbocycles. The maximum Gasteiger partial charge on any atom is 0.0988 e. The van der Waals surface area contributed by atoms with Crippen LogP contribution in [0.3, 0.4) is 0 Å². The largest absolute Gasteiger partial charge is 0.471 e. The van der Waals surface area contributed by atoms with Crippen LogP contribution < -0.4 is 0 Å². The molecule has 0 unspecified atom stereocenters. The lowest BCUT2D eigenvalue weighted by Gasteiger charge is -2.03. The maximum absolute atomic E-state index is 5.40. The molecule has 0 amide bonds. The first-order valence-electron chi connectivity index (χ1n) is 6.06. The van der Waals surface area contributed by atoms with Crippen LogP contribution in [0.2, 0.25) is 0 Å². The second kappa shape index (κ2) is 3.01. The summed E-state index contributed by atoms with van der Waals surface area (Å²) >= 11 is 0. The Balaban J connectivity index is 2.30. The molecule has 3 nitrogen and oxygen atoms in total. The van der Waals surface area contributed by atoms with Crippen LogP contribution in [-0.2, 0) is 0 Å². The van der Waals surface area contributed by atoms with E-state index in [4.69, 9.17) is 13.3 Å². The Bertz CT molecular complexity index is 1060. The summed E-state index contributed by atoms with van der Waals surface area (Å²) in [6.45, 7) is 0. The van der Waals surface area contributed by atoms with Crippen LogP contribution in [0.25, 0.3) is 43.1 Å². The van der Waals surface area contributed by atoms with Crippen molar-refractivity contribution in [2.24, 2.45) is 0 Å². The van der Waals surface area contributed by atoms with E-state index in [1.165, 1.54) is 0 Å². The molecule has 90 valence electrons. The van der Waals surface area contributed by atoms with Gasteiger partial charge in [-0.05, 0) is 5.39 Å². The third-order valence-electron chi connectivity index (χ3n) is 3.83. The Labute approximate surface area is 107 Å². The summed E-state index contributed by atoms with van der Waals surface area (Å²) in [5.74, 6) is 0. The van der Waals surface area contributed by atoms with Crippen molar-refractivity contribution < 1.29 is 13.3 Å². The summed E-state index contributed by atoms with van der Waals surface area (Å²) in [7, 11) is 0. The second-order valence-electron chi connectivity index (χ2n) is 4.76. The molecular weight excluding hydrogens is 240 g/mol. The van der Waals surface area contributed by atoms with E-state index in [1.54, 1.807) is 37.6 Å². The predicted octanol–water partition coefficient (Wildman–Crippen LogP) is 5.08. The molecule has 0 bridgehead atoms.